The van der Waals surface area contributed by atoms with Gasteiger partial charge in [-0.1, -0.05) is 30.3 Å². The second-order valence-corrected chi connectivity index (χ2v) is 6.42. The topological polar surface area (TPSA) is 46.5 Å². The van der Waals surface area contributed by atoms with Crippen LogP contribution in [0.2, 0.25) is 0 Å². The Kier molecular flexibility index (Phi) is 3.50. The summed E-state index contributed by atoms with van der Waals surface area (Å²) < 4.78 is 11.4. The Morgan fingerprint density at radius 1 is 1.13 bits per heavy atom. The number of nitrogens with one attached hydrogen (secondary N) is 1. The normalized spacial score (nSPS) is 17.1. The first kappa shape index (κ1) is 14.2. The number of aromatic nitrogens is 1. The van der Waals surface area contributed by atoms with Gasteiger partial charge in [0.05, 0.1) is 28.9 Å². The number of rotatable bonds is 3. The van der Waals surface area contributed by atoms with E-state index < -0.39 is 0 Å². The van der Waals surface area contributed by atoms with Crippen molar-refractivity contribution in [3.8, 4) is 17.0 Å². The number of nitrogens with zero attached hydrogens (tertiary/aromatic N) is 2. The lowest BCUT2D eigenvalue weighted by molar-refractivity contribution is 0.420. The summed E-state index contributed by atoms with van der Waals surface area (Å²) in [6, 6.07) is 14.6. The van der Waals surface area contributed by atoms with Crippen LogP contribution in [-0.2, 0) is 0 Å². The van der Waals surface area contributed by atoms with E-state index in [4.69, 9.17) is 14.1 Å². The van der Waals surface area contributed by atoms with E-state index in [1.54, 1.807) is 7.11 Å². The Labute approximate surface area is 139 Å². The molecule has 1 aliphatic heterocycles. The zero-order chi connectivity index (χ0) is 15.8. The van der Waals surface area contributed by atoms with Gasteiger partial charge in [0.25, 0.3) is 0 Å². The Bertz CT molecular complexity index is 900. The number of benzene rings is 2. The molecule has 3 aromatic rings. The van der Waals surface area contributed by atoms with Gasteiger partial charge in [0, 0.05) is 17.7 Å². The van der Waals surface area contributed by atoms with E-state index in [9.17, 15) is 0 Å². The van der Waals surface area contributed by atoms with E-state index in [0.29, 0.717) is 6.04 Å². The molecule has 1 atom stereocenters. The second kappa shape index (κ2) is 5.66. The maximum atomic E-state index is 5.55. The van der Waals surface area contributed by atoms with E-state index in [-0.39, 0.29) is 0 Å². The maximum Gasteiger partial charge on any atom is 0.129 e. The fourth-order valence-electron chi connectivity index (χ4n) is 2.93. The molecule has 23 heavy (non-hydrogen) atoms. The van der Waals surface area contributed by atoms with Gasteiger partial charge in [-0.2, -0.15) is 4.37 Å². The van der Waals surface area contributed by atoms with Crippen LogP contribution in [0, 0.1) is 0 Å². The number of methoxy groups -OCH3 is 1. The third-order valence-corrected chi connectivity index (χ3v) is 4.84. The fourth-order valence-corrected chi connectivity index (χ4v) is 3.74. The Morgan fingerprint density at radius 2 is 1.96 bits per heavy atom. The number of hydrogen-bond acceptors (Lipinski definition) is 5. The lowest BCUT2D eigenvalue weighted by Crippen LogP contribution is -2.21. The van der Waals surface area contributed by atoms with Gasteiger partial charge >= 0.3 is 0 Å². The lowest BCUT2D eigenvalue weighted by Gasteiger charge is -2.09. The average Bonchev–Trinajstić information content (AvgIpc) is 3.21. The molecule has 0 saturated carbocycles. The van der Waals surface area contributed by atoms with Crippen molar-refractivity contribution in [2.24, 2.45) is 4.99 Å². The predicted molar refractivity (Wildman–Crippen MR) is 95.6 cm³/mol. The minimum atomic E-state index is 0.305. The van der Waals surface area contributed by atoms with Gasteiger partial charge in [-0.15, -0.1) is 0 Å². The molecule has 5 heteroatoms. The smallest absolute Gasteiger partial charge is 0.129 e. The van der Waals surface area contributed by atoms with Crippen LogP contribution in [0.25, 0.3) is 21.3 Å². The van der Waals surface area contributed by atoms with E-state index in [1.165, 1.54) is 11.5 Å². The monoisotopic (exact) mass is 323 g/mol. The van der Waals surface area contributed by atoms with Crippen molar-refractivity contribution in [2.45, 2.75) is 13.0 Å². The van der Waals surface area contributed by atoms with Crippen molar-refractivity contribution in [3.63, 3.8) is 0 Å². The van der Waals surface area contributed by atoms with Gasteiger partial charge in [-0.25, -0.2) is 0 Å². The third kappa shape index (κ3) is 2.37. The van der Waals surface area contributed by atoms with E-state index >= 15 is 0 Å². The summed E-state index contributed by atoms with van der Waals surface area (Å²) >= 11 is 1.50. The minimum absolute atomic E-state index is 0.305. The van der Waals surface area contributed by atoms with Crippen LogP contribution in [0.5, 0.6) is 5.75 Å². The molecule has 0 aliphatic carbocycles. The molecule has 116 valence electrons. The van der Waals surface area contributed by atoms with Crippen molar-refractivity contribution < 1.29 is 4.74 Å². The van der Waals surface area contributed by atoms with E-state index in [0.717, 1.165) is 45.0 Å². The molecular weight excluding hydrogens is 306 g/mol. The molecule has 0 spiro atoms. The fraction of sp³-hybridized carbons (Fsp3) is 0.222. The van der Waals surface area contributed by atoms with Crippen LogP contribution in [0.4, 0.5) is 0 Å². The number of fused-ring (bicyclic) bond motifs is 1. The quantitative estimate of drug-likeness (QED) is 0.799. The zero-order valence-corrected chi connectivity index (χ0v) is 13.9. The summed E-state index contributed by atoms with van der Waals surface area (Å²) in [5.74, 6) is 1.81. The molecule has 0 bridgehead atoms. The van der Waals surface area contributed by atoms with E-state index in [1.807, 2.05) is 24.3 Å². The van der Waals surface area contributed by atoms with Crippen molar-refractivity contribution >= 4 is 27.5 Å². The summed E-state index contributed by atoms with van der Waals surface area (Å²) in [6.07, 6.45) is 0. The van der Waals surface area contributed by atoms with Crippen molar-refractivity contribution in [1.29, 1.82) is 0 Å². The zero-order valence-electron chi connectivity index (χ0n) is 13.0. The van der Waals surface area contributed by atoms with Crippen molar-refractivity contribution in [1.82, 2.24) is 9.69 Å². The largest absolute Gasteiger partial charge is 0.496 e. The number of aliphatic imine (C=N–C) groups is 1. The van der Waals surface area contributed by atoms with Gasteiger partial charge in [-0.05, 0) is 30.6 Å². The maximum absolute atomic E-state index is 5.55. The highest BCUT2D eigenvalue weighted by molar-refractivity contribution is 7.13. The first-order valence-electron chi connectivity index (χ1n) is 7.62. The average molecular weight is 323 g/mol. The molecule has 1 N–H and O–H groups in total. The van der Waals surface area contributed by atoms with Crippen LogP contribution in [-0.4, -0.2) is 29.9 Å². The highest BCUT2D eigenvalue weighted by Gasteiger charge is 2.20. The molecular formula is C18H17N3OS. The van der Waals surface area contributed by atoms with Gasteiger partial charge < -0.3 is 10.1 Å². The SMILES string of the molecule is COc1cccc2snc(-c3ccccc3C3=NC(C)CN3)c12. The number of amidine groups is 1. The second-order valence-electron chi connectivity index (χ2n) is 5.62. The highest BCUT2D eigenvalue weighted by Crippen LogP contribution is 2.38. The van der Waals surface area contributed by atoms with Crippen LogP contribution in [0.15, 0.2) is 47.5 Å². The first-order chi connectivity index (χ1) is 11.3. The Morgan fingerprint density at radius 3 is 2.70 bits per heavy atom. The molecule has 2 heterocycles. The predicted octanol–water partition coefficient (Wildman–Crippen LogP) is 3.71. The van der Waals surface area contributed by atoms with Crippen LogP contribution in [0.3, 0.4) is 0 Å². The van der Waals surface area contributed by atoms with E-state index in [2.05, 4.69) is 30.4 Å². The van der Waals surface area contributed by atoms with Crippen LogP contribution in [0.1, 0.15) is 12.5 Å². The van der Waals surface area contributed by atoms with Crippen LogP contribution >= 0.6 is 11.5 Å². The summed E-state index contributed by atoms with van der Waals surface area (Å²) in [6.45, 7) is 2.99. The molecule has 4 nitrogen and oxygen atoms in total. The molecule has 0 saturated heterocycles. The van der Waals surface area contributed by atoms with Crippen molar-refractivity contribution in [2.75, 3.05) is 13.7 Å². The standard InChI is InChI=1S/C18H17N3OS/c1-11-10-19-18(20-11)13-7-4-3-6-12(13)17-16-14(22-2)8-5-9-15(16)23-21-17/h3-9,11H,10H2,1-2H3,(H,19,20). The molecule has 4 rings (SSSR count). The van der Waals surface area contributed by atoms with Crippen LogP contribution < -0.4 is 10.1 Å². The van der Waals surface area contributed by atoms with Crippen molar-refractivity contribution in [3.05, 3.63) is 48.0 Å². The Hall–Kier alpha value is -2.40. The van der Waals surface area contributed by atoms with Gasteiger partial charge in [0.2, 0.25) is 0 Å². The first-order valence-corrected chi connectivity index (χ1v) is 8.39. The highest BCUT2D eigenvalue weighted by atomic mass is 32.1. The number of ether oxygens (including phenoxy) is 1. The summed E-state index contributed by atoms with van der Waals surface area (Å²) in [5, 5.41) is 4.46. The molecule has 1 unspecified atom stereocenters. The summed E-state index contributed by atoms with van der Waals surface area (Å²) in [7, 11) is 1.70. The lowest BCUT2D eigenvalue weighted by atomic mass is 10.0. The Balaban J connectivity index is 1.94. The van der Waals surface area contributed by atoms with Gasteiger partial charge in [0.15, 0.2) is 0 Å². The molecule has 2 aromatic carbocycles. The molecule has 0 amide bonds. The molecule has 1 aromatic heterocycles. The molecule has 1 aliphatic rings. The number of hydrogen-bond donors (Lipinski definition) is 1. The van der Waals surface area contributed by atoms with Gasteiger partial charge in [-0.3, -0.25) is 4.99 Å². The minimum Gasteiger partial charge on any atom is -0.496 e. The molecule has 0 fully saturated rings. The molecule has 0 radical (unpaired) electrons. The third-order valence-electron chi connectivity index (χ3n) is 4.03. The van der Waals surface area contributed by atoms with Gasteiger partial charge in [0.1, 0.15) is 11.6 Å². The summed E-state index contributed by atoms with van der Waals surface area (Å²) in [5.41, 5.74) is 3.14. The summed E-state index contributed by atoms with van der Waals surface area (Å²) in [4.78, 5) is 4.70.